The summed E-state index contributed by atoms with van der Waals surface area (Å²) >= 11 is 2.06. The molecule has 0 bridgehead atoms. The minimum absolute atomic E-state index is 0.180. The van der Waals surface area contributed by atoms with Crippen molar-refractivity contribution in [3.05, 3.63) is 29.3 Å². The van der Waals surface area contributed by atoms with E-state index in [1.54, 1.807) is 0 Å². The number of nitrogens with zero attached hydrogens (tertiary/aromatic N) is 3. The number of thioether (sulfide) groups is 1. The zero-order valence-electron chi connectivity index (χ0n) is 16.6. The third-order valence-electron chi connectivity index (χ3n) is 6.19. The lowest BCUT2D eigenvalue weighted by Gasteiger charge is -2.37. The summed E-state index contributed by atoms with van der Waals surface area (Å²) in [7, 11) is 0. The van der Waals surface area contributed by atoms with Crippen LogP contribution in [0.25, 0.3) is 0 Å². The highest BCUT2D eigenvalue weighted by Gasteiger charge is 2.28. The Morgan fingerprint density at radius 3 is 2.59 bits per heavy atom. The molecule has 2 fully saturated rings. The van der Waals surface area contributed by atoms with Crippen LogP contribution in [-0.2, 0) is 0 Å². The number of fused-ring (bicyclic) bond motifs is 1. The van der Waals surface area contributed by atoms with Gasteiger partial charge in [0, 0.05) is 87.1 Å². The summed E-state index contributed by atoms with van der Waals surface area (Å²) < 4.78 is 0. The number of amides is 1. The van der Waals surface area contributed by atoms with E-state index in [4.69, 9.17) is 0 Å². The van der Waals surface area contributed by atoms with E-state index in [0.717, 1.165) is 50.5 Å². The molecule has 1 unspecified atom stereocenters. The van der Waals surface area contributed by atoms with Crippen LogP contribution < -0.4 is 5.32 Å². The number of piperazine rings is 1. The lowest BCUT2D eigenvalue weighted by atomic mass is 9.98. The van der Waals surface area contributed by atoms with E-state index < -0.39 is 0 Å². The van der Waals surface area contributed by atoms with Gasteiger partial charge in [-0.05, 0) is 31.5 Å². The predicted octanol–water partition coefficient (Wildman–Crippen LogP) is 2.41. The molecule has 1 N–H and O–H groups in total. The molecule has 0 aromatic heterocycles. The summed E-state index contributed by atoms with van der Waals surface area (Å²) in [6, 6.07) is 6.87. The molecule has 2 saturated heterocycles. The van der Waals surface area contributed by atoms with Gasteiger partial charge in [0.1, 0.15) is 0 Å². The van der Waals surface area contributed by atoms with E-state index in [1.165, 1.54) is 30.2 Å². The van der Waals surface area contributed by atoms with Crippen molar-refractivity contribution in [1.82, 2.24) is 14.7 Å². The number of carbonyl (C=O) groups is 1. The van der Waals surface area contributed by atoms with E-state index in [2.05, 4.69) is 52.9 Å². The normalized spacial score (nSPS) is 24.1. The Morgan fingerprint density at radius 2 is 1.89 bits per heavy atom. The largest absolute Gasteiger partial charge is 0.384 e. The summed E-state index contributed by atoms with van der Waals surface area (Å²) in [5.41, 5.74) is 3.38. The lowest BCUT2D eigenvalue weighted by molar-refractivity contribution is 0.0595. The predicted molar refractivity (Wildman–Crippen MR) is 114 cm³/mol. The Kier molecular flexibility index (Phi) is 5.95. The summed E-state index contributed by atoms with van der Waals surface area (Å²) in [6.07, 6.45) is 0. The number of carbonyl (C=O) groups excluding carboxylic acids is 1. The van der Waals surface area contributed by atoms with E-state index in [0.29, 0.717) is 12.0 Å². The van der Waals surface area contributed by atoms with Crippen LogP contribution in [0.1, 0.15) is 35.7 Å². The maximum absolute atomic E-state index is 12.9. The van der Waals surface area contributed by atoms with Crippen LogP contribution in [0, 0.1) is 0 Å². The Morgan fingerprint density at radius 1 is 1.15 bits per heavy atom. The molecule has 0 spiro atoms. The molecule has 0 radical (unpaired) electrons. The number of benzene rings is 1. The third-order valence-corrected chi connectivity index (χ3v) is 7.14. The Bertz CT molecular complexity index is 666. The highest BCUT2D eigenvalue weighted by Crippen LogP contribution is 2.33. The van der Waals surface area contributed by atoms with Gasteiger partial charge < -0.3 is 15.1 Å². The molecule has 0 aliphatic carbocycles. The van der Waals surface area contributed by atoms with Gasteiger partial charge in [0.05, 0.1) is 0 Å². The van der Waals surface area contributed by atoms with E-state index >= 15 is 0 Å². The average molecular weight is 389 g/mol. The topological polar surface area (TPSA) is 38.8 Å². The van der Waals surface area contributed by atoms with E-state index in [-0.39, 0.29) is 5.91 Å². The van der Waals surface area contributed by atoms with Crippen molar-refractivity contribution in [3.63, 3.8) is 0 Å². The number of rotatable bonds is 4. The van der Waals surface area contributed by atoms with Gasteiger partial charge in [-0.3, -0.25) is 9.69 Å². The molecule has 1 atom stereocenters. The summed E-state index contributed by atoms with van der Waals surface area (Å²) in [5.74, 6) is 3.23. The molecular formula is C21H32N4OS. The third kappa shape index (κ3) is 4.28. The molecule has 1 amide bonds. The first-order chi connectivity index (χ1) is 13.1. The quantitative estimate of drug-likeness (QED) is 0.858. The summed E-state index contributed by atoms with van der Waals surface area (Å²) in [5, 5.41) is 3.55. The SMILES string of the molecule is CC(C)N1CCN(C(=O)c2ccc3c(c2)NCC3CN2CCSCC2)CC1. The first-order valence-electron chi connectivity index (χ1n) is 10.3. The Balaban J connectivity index is 1.39. The van der Waals surface area contributed by atoms with Gasteiger partial charge in [0.25, 0.3) is 5.91 Å². The lowest BCUT2D eigenvalue weighted by Crippen LogP contribution is -2.50. The standard InChI is InChI=1S/C21H32N4OS/c1-16(2)24-5-7-25(8-6-24)21(26)17-3-4-19-18(14-22-20(19)13-17)15-23-9-11-27-12-10-23/h3-4,13,16,18,22H,5-12,14-15H2,1-2H3. The second kappa shape index (κ2) is 8.41. The number of nitrogens with one attached hydrogen (secondary N) is 1. The highest BCUT2D eigenvalue weighted by molar-refractivity contribution is 7.99. The van der Waals surface area contributed by atoms with Crippen LogP contribution in [-0.4, -0.2) is 90.5 Å². The van der Waals surface area contributed by atoms with Crippen LogP contribution in [0.3, 0.4) is 0 Å². The van der Waals surface area contributed by atoms with Crippen molar-refractivity contribution >= 4 is 23.4 Å². The molecule has 4 rings (SSSR count). The number of hydrogen-bond acceptors (Lipinski definition) is 5. The fraction of sp³-hybridized carbons (Fsp3) is 0.667. The van der Waals surface area contributed by atoms with Crippen molar-refractivity contribution in [2.24, 2.45) is 0 Å². The van der Waals surface area contributed by atoms with Crippen molar-refractivity contribution in [1.29, 1.82) is 0 Å². The average Bonchev–Trinajstić information content (AvgIpc) is 3.10. The highest BCUT2D eigenvalue weighted by atomic mass is 32.2. The molecule has 3 heterocycles. The van der Waals surface area contributed by atoms with Gasteiger partial charge in [-0.2, -0.15) is 11.8 Å². The maximum atomic E-state index is 12.9. The van der Waals surface area contributed by atoms with E-state index in [9.17, 15) is 4.79 Å². The van der Waals surface area contributed by atoms with Crippen molar-refractivity contribution in [2.75, 3.05) is 69.2 Å². The monoisotopic (exact) mass is 388 g/mol. The van der Waals surface area contributed by atoms with Crippen LogP contribution in [0.5, 0.6) is 0 Å². The minimum Gasteiger partial charge on any atom is -0.384 e. The van der Waals surface area contributed by atoms with Gasteiger partial charge >= 0.3 is 0 Å². The Hall–Kier alpha value is -1.24. The fourth-order valence-electron chi connectivity index (χ4n) is 4.42. The zero-order valence-corrected chi connectivity index (χ0v) is 17.4. The van der Waals surface area contributed by atoms with Gasteiger partial charge in [-0.1, -0.05) is 6.07 Å². The minimum atomic E-state index is 0.180. The summed E-state index contributed by atoms with van der Waals surface area (Å²) in [4.78, 5) is 20.0. The van der Waals surface area contributed by atoms with Gasteiger partial charge in [-0.15, -0.1) is 0 Å². The van der Waals surface area contributed by atoms with Crippen molar-refractivity contribution < 1.29 is 4.79 Å². The van der Waals surface area contributed by atoms with Gasteiger partial charge in [-0.25, -0.2) is 0 Å². The smallest absolute Gasteiger partial charge is 0.254 e. The molecule has 5 nitrogen and oxygen atoms in total. The van der Waals surface area contributed by atoms with Crippen LogP contribution in [0.15, 0.2) is 18.2 Å². The second-order valence-electron chi connectivity index (χ2n) is 8.21. The maximum Gasteiger partial charge on any atom is 0.254 e. The molecule has 1 aromatic rings. The van der Waals surface area contributed by atoms with Gasteiger partial charge in [0.15, 0.2) is 0 Å². The van der Waals surface area contributed by atoms with Gasteiger partial charge in [0.2, 0.25) is 0 Å². The molecule has 27 heavy (non-hydrogen) atoms. The molecule has 148 valence electrons. The fourth-order valence-corrected chi connectivity index (χ4v) is 5.40. The van der Waals surface area contributed by atoms with Crippen LogP contribution in [0.4, 0.5) is 5.69 Å². The first-order valence-corrected chi connectivity index (χ1v) is 11.5. The Labute approximate surface area is 167 Å². The molecular weight excluding hydrogens is 356 g/mol. The van der Waals surface area contributed by atoms with Crippen LogP contribution in [0.2, 0.25) is 0 Å². The molecule has 1 aromatic carbocycles. The van der Waals surface area contributed by atoms with Crippen molar-refractivity contribution in [2.45, 2.75) is 25.8 Å². The number of hydrogen-bond donors (Lipinski definition) is 1. The molecule has 3 aliphatic heterocycles. The first kappa shape index (κ1) is 19.1. The second-order valence-corrected chi connectivity index (χ2v) is 9.44. The van der Waals surface area contributed by atoms with E-state index in [1.807, 2.05) is 11.0 Å². The molecule has 6 heteroatoms. The zero-order chi connectivity index (χ0) is 18.8. The summed E-state index contributed by atoms with van der Waals surface area (Å²) in [6.45, 7) is 12.6. The molecule has 3 aliphatic rings. The van der Waals surface area contributed by atoms with Crippen LogP contribution >= 0.6 is 11.8 Å². The number of anilines is 1. The van der Waals surface area contributed by atoms with Crippen molar-refractivity contribution in [3.8, 4) is 0 Å². The molecule has 0 saturated carbocycles.